The third-order valence-corrected chi connectivity index (χ3v) is 4.16. The molecule has 6 atom stereocenters. The van der Waals surface area contributed by atoms with Gasteiger partial charge in [-0.25, -0.2) is 4.79 Å². The maximum atomic E-state index is 12.2. The van der Waals surface area contributed by atoms with Crippen LogP contribution in [0.3, 0.4) is 0 Å². The zero-order valence-corrected chi connectivity index (χ0v) is 13.7. The molecule has 2 rings (SSSR count). The lowest BCUT2D eigenvalue weighted by atomic mass is 9.94. The van der Waals surface area contributed by atoms with E-state index >= 15 is 0 Å². The second-order valence-electron chi connectivity index (χ2n) is 6.15. The molecule has 0 radical (unpaired) electrons. The van der Waals surface area contributed by atoms with Gasteiger partial charge >= 0.3 is 5.97 Å². The summed E-state index contributed by atoms with van der Waals surface area (Å²) < 4.78 is 5.08. The van der Waals surface area contributed by atoms with Crippen molar-refractivity contribution in [3.8, 4) is 5.75 Å². The lowest BCUT2D eigenvalue weighted by Crippen LogP contribution is -2.63. The van der Waals surface area contributed by atoms with Gasteiger partial charge in [0.05, 0.1) is 12.6 Å². The molecule has 0 aliphatic carbocycles. The van der Waals surface area contributed by atoms with Gasteiger partial charge in [-0.2, -0.15) is 0 Å². The number of aromatic hydroxyl groups is 1. The Labute approximate surface area is 148 Å². The van der Waals surface area contributed by atoms with Gasteiger partial charge in [0.15, 0.2) is 6.04 Å². The molecule has 4 unspecified atom stereocenters. The Bertz CT molecular complexity index is 638. The number of benzene rings is 1. The highest BCUT2D eigenvalue weighted by Crippen LogP contribution is 2.19. The zero-order chi connectivity index (χ0) is 19.4. The van der Waals surface area contributed by atoms with Crippen LogP contribution in [0.1, 0.15) is 5.56 Å². The molecule has 1 aromatic carbocycles. The fourth-order valence-corrected chi connectivity index (χ4v) is 2.65. The lowest BCUT2D eigenvalue weighted by molar-refractivity contribution is -0.199. The van der Waals surface area contributed by atoms with Crippen LogP contribution in [0.2, 0.25) is 0 Å². The first kappa shape index (κ1) is 20.1. The van der Waals surface area contributed by atoms with Gasteiger partial charge in [0.25, 0.3) is 0 Å². The molecule has 1 fully saturated rings. The van der Waals surface area contributed by atoms with Crippen LogP contribution < -0.4 is 11.1 Å². The van der Waals surface area contributed by atoms with Gasteiger partial charge < -0.3 is 41.3 Å². The van der Waals surface area contributed by atoms with E-state index < -0.39 is 48.4 Å². The number of nitrogens with two attached hydrogens (primary N) is 1. The Morgan fingerprint density at radius 2 is 1.81 bits per heavy atom. The van der Waals surface area contributed by atoms with Gasteiger partial charge in [0.2, 0.25) is 5.91 Å². The fourth-order valence-electron chi connectivity index (χ4n) is 2.65. The minimum absolute atomic E-state index is 0.0573. The summed E-state index contributed by atoms with van der Waals surface area (Å²) in [6, 6.07) is 3.26. The average molecular weight is 370 g/mol. The standard InChI is InChI=1S/C16H22N2O8/c17-9(5-7-1-3-8(19)4-2-7)15(23)18-11(16(24)25)14-13(22)12(21)10(20)6-26-14/h1-4,9-14,19-22H,5-6,17H2,(H,18,23)(H,24,25)/t9?,10-,11?,12-,13?,14?/m1/s1. The zero-order valence-electron chi connectivity index (χ0n) is 13.7. The van der Waals surface area contributed by atoms with Crippen LogP contribution in [0.25, 0.3) is 0 Å². The van der Waals surface area contributed by atoms with E-state index in [0.717, 1.165) is 0 Å². The molecule has 1 aliphatic rings. The van der Waals surface area contributed by atoms with E-state index in [1.54, 1.807) is 12.1 Å². The number of rotatable bonds is 6. The quantitative estimate of drug-likeness (QED) is 0.280. The SMILES string of the molecule is NC(Cc1ccc(O)cc1)C(=O)NC(C(=O)O)C1OC[C@@H](O)[C@@H](O)C1O. The number of hydrogen-bond donors (Lipinski definition) is 7. The van der Waals surface area contributed by atoms with Gasteiger partial charge in [0.1, 0.15) is 30.2 Å². The average Bonchev–Trinajstić information content (AvgIpc) is 2.60. The van der Waals surface area contributed by atoms with E-state index in [0.29, 0.717) is 5.56 Å². The predicted molar refractivity (Wildman–Crippen MR) is 87.1 cm³/mol. The number of phenolic OH excluding ortho intramolecular Hbond substituents is 1. The molecule has 0 spiro atoms. The first-order valence-electron chi connectivity index (χ1n) is 7.93. The van der Waals surface area contributed by atoms with Crippen molar-refractivity contribution in [2.45, 2.75) is 42.9 Å². The largest absolute Gasteiger partial charge is 0.508 e. The van der Waals surface area contributed by atoms with Crippen LogP contribution in [0.15, 0.2) is 24.3 Å². The molecule has 0 saturated carbocycles. The van der Waals surface area contributed by atoms with Crippen LogP contribution in [0.4, 0.5) is 0 Å². The maximum Gasteiger partial charge on any atom is 0.329 e. The predicted octanol–water partition coefficient (Wildman–Crippen LogP) is -2.69. The summed E-state index contributed by atoms with van der Waals surface area (Å²) in [5, 5.41) is 49.8. The molecule has 10 heteroatoms. The molecule has 26 heavy (non-hydrogen) atoms. The summed E-state index contributed by atoms with van der Waals surface area (Å²) in [4.78, 5) is 23.7. The minimum Gasteiger partial charge on any atom is -0.508 e. The summed E-state index contributed by atoms with van der Waals surface area (Å²) in [7, 11) is 0. The Balaban J connectivity index is 2.03. The topological polar surface area (TPSA) is 183 Å². The number of aliphatic hydroxyl groups is 3. The number of amides is 1. The van der Waals surface area contributed by atoms with Crippen molar-refractivity contribution in [2.24, 2.45) is 5.73 Å². The summed E-state index contributed by atoms with van der Waals surface area (Å²) in [5.41, 5.74) is 6.45. The van der Waals surface area contributed by atoms with Gasteiger partial charge in [0, 0.05) is 0 Å². The highest BCUT2D eigenvalue weighted by atomic mass is 16.5. The second kappa shape index (κ2) is 8.43. The molecular formula is C16H22N2O8. The number of phenols is 1. The molecule has 144 valence electrons. The van der Waals surface area contributed by atoms with E-state index in [-0.39, 0.29) is 18.8 Å². The molecular weight excluding hydrogens is 348 g/mol. The molecule has 1 heterocycles. The molecule has 8 N–H and O–H groups in total. The first-order chi connectivity index (χ1) is 12.2. The Kier molecular flexibility index (Phi) is 6.51. The van der Waals surface area contributed by atoms with Crippen molar-refractivity contribution < 1.29 is 39.9 Å². The summed E-state index contributed by atoms with van der Waals surface area (Å²) >= 11 is 0. The highest BCUT2D eigenvalue weighted by molar-refractivity contribution is 5.87. The third-order valence-electron chi connectivity index (χ3n) is 4.16. The number of carbonyl (C=O) groups excluding carboxylic acids is 1. The number of carbonyl (C=O) groups is 2. The van der Waals surface area contributed by atoms with Gasteiger partial charge in [-0.05, 0) is 24.1 Å². The van der Waals surface area contributed by atoms with Crippen molar-refractivity contribution >= 4 is 11.9 Å². The van der Waals surface area contributed by atoms with Crippen molar-refractivity contribution in [2.75, 3.05) is 6.61 Å². The monoisotopic (exact) mass is 370 g/mol. The molecule has 10 nitrogen and oxygen atoms in total. The van der Waals surface area contributed by atoms with Crippen LogP contribution in [-0.4, -0.2) is 80.5 Å². The number of aliphatic carboxylic acids is 1. The van der Waals surface area contributed by atoms with Crippen LogP contribution in [-0.2, 0) is 20.7 Å². The number of hydrogen-bond acceptors (Lipinski definition) is 8. The van der Waals surface area contributed by atoms with Gasteiger partial charge in [-0.15, -0.1) is 0 Å². The van der Waals surface area contributed by atoms with E-state index in [9.17, 15) is 35.1 Å². The molecule has 1 saturated heterocycles. The van der Waals surface area contributed by atoms with E-state index in [2.05, 4.69) is 5.32 Å². The van der Waals surface area contributed by atoms with E-state index in [4.69, 9.17) is 10.5 Å². The number of nitrogens with one attached hydrogen (secondary N) is 1. The van der Waals surface area contributed by atoms with Crippen molar-refractivity contribution in [1.82, 2.24) is 5.32 Å². The Morgan fingerprint density at radius 3 is 2.38 bits per heavy atom. The minimum atomic E-state index is -1.70. The van der Waals surface area contributed by atoms with Crippen molar-refractivity contribution in [1.29, 1.82) is 0 Å². The smallest absolute Gasteiger partial charge is 0.329 e. The van der Waals surface area contributed by atoms with E-state index in [1.165, 1.54) is 12.1 Å². The van der Waals surface area contributed by atoms with Crippen LogP contribution >= 0.6 is 0 Å². The van der Waals surface area contributed by atoms with Crippen LogP contribution in [0.5, 0.6) is 5.75 Å². The molecule has 1 aliphatic heterocycles. The third kappa shape index (κ3) is 4.68. The second-order valence-corrected chi connectivity index (χ2v) is 6.15. The van der Waals surface area contributed by atoms with Gasteiger partial charge in [-0.3, -0.25) is 4.79 Å². The van der Waals surface area contributed by atoms with Crippen LogP contribution in [0, 0.1) is 0 Å². The number of carboxylic acids is 1. The highest BCUT2D eigenvalue weighted by Gasteiger charge is 2.45. The molecule has 0 aromatic heterocycles. The summed E-state index contributed by atoms with van der Waals surface area (Å²) in [6.07, 6.45) is -6.01. The van der Waals surface area contributed by atoms with Crippen molar-refractivity contribution in [3.63, 3.8) is 0 Å². The number of carboxylic acid groups (broad SMARTS) is 1. The molecule has 1 aromatic rings. The lowest BCUT2D eigenvalue weighted by Gasteiger charge is -2.38. The van der Waals surface area contributed by atoms with E-state index in [1.807, 2.05) is 0 Å². The normalized spacial score (nSPS) is 28.2. The molecule has 1 amide bonds. The fraction of sp³-hybridized carbons (Fsp3) is 0.500. The Morgan fingerprint density at radius 1 is 1.19 bits per heavy atom. The number of aliphatic hydroxyl groups excluding tert-OH is 3. The van der Waals surface area contributed by atoms with Gasteiger partial charge in [-0.1, -0.05) is 12.1 Å². The first-order valence-corrected chi connectivity index (χ1v) is 7.93. The summed E-state index contributed by atoms with van der Waals surface area (Å²) in [6.45, 7) is -0.387. The maximum absolute atomic E-state index is 12.2. The molecule has 0 bridgehead atoms. The summed E-state index contributed by atoms with van der Waals surface area (Å²) in [5.74, 6) is -2.22. The van der Waals surface area contributed by atoms with Crippen molar-refractivity contribution in [3.05, 3.63) is 29.8 Å². The Hall–Kier alpha value is -2.24. The number of ether oxygens (including phenoxy) is 1.